The molecular formula is C19H17Br2N3O3. The first-order chi connectivity index (χ1) is 13.2. The van der Waals surface area contributed by atoms with E-state index in [-0.39, 0.29) is 6.79 Å². The summed E-state index contributed by atoms with van der Waals surface area (Å²) < 4.78 is 20.3. The van der Waals surface area contributed by atoms with E-state index in [9.17, 15) is 0 Å². The molecule has 0 spiro atoms. The Morgan fingerprint density at radius 3 is 2.85 bits per heavy atom. The number of hydrogen-bond donors (Lipinski definition) is 0. The molecule has 8 heteroatoms. The standard InChI is InChI=1S/C19H17Br2N3O3/c20-14-4-6-17(16(21)9-14)25-7-1-2-15-11-24(23-22-15)10-13-3-5-18-19(8-13)27-12-26-18/h3-6,8-9,11H,1-2,7,10,12H2. The summed E-state index contributed by atoms with van der Waals surface area (Å²) in [4.78, 5) is 0. The second kappa shape index (κ2) is 8.31. The van der Waals surface area contributed by atoms with Gasteiger partial charge in [-0.2, -0.15) is 0 Å². The molecule has 0 atom stereocenters. The molecule has 0 saturated heterocycles. The Hall–Kier alpha value is -2.06. The van der Waals surface area contributed by atoms with Crippen LogP contribution in [-0.2, 0) is 13.0 Å². The molecule has 6 nitrogen and oxygen atoms in total. The van der Waals surface area contributed by atoms with Crippen LogP contribution in [0.15, 0.2) is 51.5 Å². The summed E-state index contributed by atoms with van der Waals surface area (Å²) in [7, 11) is 0. The van der Waals surface area contributed by atoms with Gasteiger partial charge in [0.2, 0.25) is 6.79 Å². The SMILES string of the molecule is Brc1ccc(OCCCc2cn(Cc3ccc4c(c3)OCO4)nn2)c(Br)c1. The molecule has 0 aliphatic carbocycles. The Bertz CT molecular complexity index is 946. The van der Waals surface area contributed by atoms with Crippen molar-refractivity contribution in [1.29, 1.82) is 0 Å². The van der Waals surface area contributed by atoms with Gasteiger partial charge in [-0.05, 0) is 64.7 Å². The van der Waals surface area contributed by atoms with E-state index in [1.807, 2.05) is 47.3 Å². The van der Waals surface area contributed by atoms with E-state index in [4.69, 9.17) is 14.2 Å². The lowest BCUT2D eigenvalue weighted by atomic mass is 10.2. The fourth-order valence-electron chi connectivity index (χ4n) is 2.78. The van der Waals surface area contributed by atoms with Crippen LogP contribution in [0.2, 0.25) is 0 Å². The lowest BCUT2D eigenvalue weighted by Gasteiger charge is -2.07. The molecule has 2 aromatic carbocycles. The van der Waals surface area contributed by atoms with E-state index in [0.29, 0.717) is 13.2 Å². The zero-order valence-electron chi connectivity index (χ0n) is 14.4. The van der Waals surface area contributed by atoms with Gasteiger partial charge in [-0.15, -0.1) is 5.10 Å². The molecule has 0 fully saturated rings. The minimum atomic E-state index is 0.283. The molecule has 0 unspecified atom stereocenters. The average molecular weight is 495 g/mol. The Morgan fingerprint density at radius 1 is 1.07 bits per heavy atom. The van der Waals surface area contributed by atoms with Gasteiger partial charge in [0.1, 0.15) is 5.75 Å². The van der Waals surface area contributed by atoms with Crippen LogP contribution < -0.4 is 14.2 Å². The third-order valence-corrected chi connectivity index (χ3v) is 5.21. The molecule has 1 aliphatic heterocycles. The molecule has 27 heavy (non-hydrogen) atoms. The first-order valence-electron chi connectivity index (χ1n) is 8.53. The monoisotopic (exact) mass is 493 g/mol. The molecule has 0 amide bonds. The van der Waals surface area contributed by atoms with E-state index in [1.54, 1.807) is 0 Å². The Balaban J connectivity index is 1.27. The molecule has 0 radical (unpaired) electrons. The summed E-state index contributed by atoms with van der Waals surface area (Å²) >= 11 is 6.93. The smallest absolute Gasteiger partial charge is 0.231 e. The van der Waals surface area contributed by atoms with Gasteiger partial charge >= 0.3 is 0 Å². The van der Waals surface area contributed by atoms with Crippen molar-refractivity contribution >= 4 is 31.9 Å². The molecule has 4 rings (SSSR count). The summed E-state index contributed by atoms with van der Waals surface area (Å²) in [6, 6.07) is 11.8. The van der Waals surface area contributed by atoms with Crippen LogP contribution in [0.5, 0.6) is 17.2 Å². The van der Waals surface area contributed by atoms with Crippen LogP contribution in [0.3, 0.4) is 0 Å². The second-order valence-corrected chi connectivity index (χ2v) is 7.89. The number of fused-ring (bicyclic) bond motifs is 1. The highest BCUT2D eigenvalue weighted by Gasteiger charge is 2.13. The van der Waals surface area contributed by atoms with Crippen LogP contribution in [-0.4, -0.2) is 28.4 Å². The Kier molecular flexibility index (Phi) is 5.63. The van der Waals surface area contributed by atoms with Crippen LogP contribution in [0, 0.1) is 0 Å². The van der Waals surface area contributed by atoms with E-state index in [2.05, 4.69) is 42.2 Å². The van der Waals surface area contributed by atoms with Gasteiger partial charge in [0.25, 0.3) is 0 Å². The Labute approximate surface area is 173 Å². The first kappa shape index (κ1) is 18.3. The van der Waals surface area contributed by atoms with Crippen LogP contribution >= 0.6 is 31.9 Å². The maximum atomic E-state index is 5.81. The molecule has 2 heterocycles. The fourth-order valence-corrected chi connectivity index (χ4v) is 3.95. The van der Waals surface area contributed by atoms with Crippen molar-refractivity contribution in [2.75, 3.05) is 13.4 Å². The number of nitrogens with zero attached hydrogens (tertiary/aromatic N) is 3. The van der Waals surface area contributed by atoms with Gasteiger partial charge in [-0.1, -0.05) is 27.2 Å². The number of halogens is 2. The number of benzene rings is 2. The zero-order valence-corrected chi connectivity index (χ0v) is 17.6. The molecule has 3 aromatic rings. The summed E-state index contributed by atoms with van der Waals surface area (Å²) in [5.74, 6) is 2.41. The topological polar surface area (TPSA) is 58.4 Å². The van der Waals surface area contributed by atoms with Gasteiger partial charge in [0.15, 0.2) is 11.5 Å². The number of aromatic nitrogens is 3. The van der Waals surface area contributed by atoms with Crippen molar-refractivity contribution < 1.29 is 14.2 Å². The minimum absolute atomic E-state index is 0.283. The summed E-state index contributed by atoms with van der Waals surface area (Å²) in [5.41, 5.74) is 2.05. The van der Waals surface area contributed by atoms with Gasteiger partial charge in [-0.3, -0.25) is 0 Å². The van der Waals surface area contributed by atoms with Gasteiger partial charge < -0.3 is 14.2 Å². The molecule has 0 saturated carbocycles. The molecule has 140 valence electrons. The second-order valence-electron chi connectivity index (χ2n) is 6.12. The quantitative estimate of drug-likeness (QED) is 0.449. The molecule has 0 N–H and O–H groups in total. The highest BCUT2D eigenvalue weighted by Crippen LogP contribution is 2.32. The van der Waals surface area contributed by atoms with Crippen molar-refractivity contribution in [3.05, 3.63) is 62.8 Å². The summed E-state index contributed by atoms with van der Waals surface area (Å²) in [6.45, 7) is 1.55. The number of aryl methyl sites for hydroxylation is 1. The fraction of sp³-hybridized carbons (Fsp3) is 0.263. The number of ether oxygens (including phenoxy) is 3. The van der Waals surface area contributed by atoms with Gasteiger partial charge in [0.05, 0.1) is 23.3 Å². The van der Waals surface area contributed by atoms with Crippen LogP contribution in [0.4, 0.5) is 0 Å². The maximum Gasteiger partial charge on any atom is 0.231 e. The summed E-state index contributed by atoms with van der Waals surface area (Å²) in [5, 5.41) is 8.45. The summed E-state index contributed by atoms with van der Waals surface area (Å²) in [6.07, 6.45) is 3.65. The van der Waals surface area contributed by atoms with E-state index >= 15 is 0 Å². The van der Waals surface area contributed by atoms with E-state index in [0.717, 1.165) is 50.3 Å². The highest BCUT2D eigenvalue weighted by atomic mass is 79.9. The van der Waals surface area contributed by atoms with Crippen molar-refractivity contribution in [3.63, 3.8) is 0 Å². The lowest BCUT2D eigenvalue weighted by molar-refractivity contribution is 0.174. The lowest BCUT2D eigenvalue weighted by Crippen LogP contribution is -2.01. The third kappa shape index (κ3) is 4.62. The van der Waals surface area contributed by atoms with Crippen molar-refractivity contribution in [2.24, 2.45) is 0 Å². The predicted molar refractivity (Wildman–Crippen MR) is 107 cm³/mol. The first-order valence-corrected chi connectivity index (χ1v) is 10.1. The molecular weight excluding hydrogens is 478 g/mol. The maximum absolute atomic E-state index is 5.81. The minimum Gasteiger partial charge on any atom is -0.492 e. The van der Waals surface area contributed by atoms with Crippen molar-refractivity contribution in [1.82, 2.24) is 15.0 Å². The highest BCUT2D eigenvalue weighted by molar-refractivity contribution is 9.11. The van der Waals surface area contributed by atoms with E-state index < -0.39 is 0 Å². The van der Waals surface area contributed by atoms with Crippen molar-refractivity contribution in [2.45, 2.75) is 19.4 Å². The number of rotatable bonds is 7. The van der Waals surface area contributed by atoms with Crippen LogP contribution in [0.25, 0.3) is 0 Å². The molecule has 1 aliphatic rings. The number of hydrogen-bond acceptors (Lipinski definition) is 5. The third-order valence-electron chi connectivity index (χ3n) is 4.10. The van der Waals surface area contributed by atoms with Crippen molar-refractivity contribution in [3.8, 4) is 17.2 Å². The zero-order chi connectivity index (χ0) is 18.6. The molecule has 1 aromatic heterocycles. The van der Waals surface area contributed by atoms with E-state index in [1.165, 1.54) is 0 Å². The normalized spacial score (nSPS) is 12.4. The van der Waals surface area contributed by atoms with Gasteiger partial charge in [0, 0.05) is 10.7 Å². The van der Waals surface area contributed by atoms with Crippen LogP contribution in [0.1, 0.15) is 17.7 Å². The predicted octanol–water partition coefficient (Wildman–Crippen LogP) is 4.59. The van der Waals surface area contributed by atoms with Gasteiger partial charge in [-0.25, -0.2) is 4.68 Å². The Morgan fingerprint density at radius 2 is 1.96 bits per heavy atom. The largest absolute Gasteiger partial charge is 0.492 e. The average Bonchev–Trinajstić information content (AvgIpc) is 3.29. The molecule has 0 bridgehead atoms.